The van der Waals surface area contributed by atoms with E-state index >= 15 is 0 Å². The summed E-state index contributed by atoms with van der Waals surface area (Å²) in [6.07, 6.45) is 0.120. The lowest BCUT2D eigenvalue weighted by Gasteiger charge is -1.97. The maximum Gasteiger partial charge on any atom is 0.307 e. The Bertz CT molecular complexity index is 526. The zero-order valence-electron chi connectivity index (χ0n) is 8.70. The van der Waals surface area contributed by atoms with E-state index in [0.717, 1.165) is 15.8 Å². The Balaban J connectivity index is 2.63. The summed E-state index contributed by atoms with van der Waals surface area (Å²) in [7, 11) is 0. The summed E-state index contributed by atoms with van der Waals surface area (Å²) < 4.78 is 1.18. The molecule has 2 aromatic rings. The third-order valence-electron chi connectivity index (χ3n) is 2.48. The molecule has 0 atom stereocenters. The first-order valence-electron chi connectivity index (χ1n) is 4.78. The number of hydrogen-bond acceptors (Lipinski definition) is 2. The van der Waals surface area contributed by atoms with Gasteiger partial charge in [-0.2, -0.15) is 0 Å². The summed E-state index contributed by atoms with van der Waals surface area (Å²) in [5.74, 6) is -0.765. The molecule has 0 aliphatic carbocycles. The van der Waals surface area contributed by atoms with E-state index in [-0.39, 0.29) is 6.42 Å². The van der Waals surface area contributed by atoms with E-state index in [1.807, 2.05) is 26.0 Å². The van der Waals surface area contributed by atoms with Crippen molar-refractivity contribution in [2.45, 2.75) is 20.3 Å². The number of carboxylic acids is 1. The predicted octanol–water partition coefficient (Wildman–Crippen LogP) is 3.15. The molecule has 1 N–H and O–H groups in total. The first-order chi connectivity index (χ1) is 7.08. The standard InChI is InChI=1S/C12H12O2S/c1-7-3-4-9-10(6-12(13)14)8(2)15-11(9)5-7/h3-5H,6H2,1-2H3,(H,13,14). The van der Waals surface area contributed by atoms with Gasteiger partial charge >= 0.3 is 5.97 Å². The number of thiophene rings is 1. The maximum atomic E-state index is 10.7. The predicted molar refractivity (Wildman–Crippen MR) is 62.6 cm³/mol. The van der Waals surface area contributed by atoms with Gasteiger partial charge in [-0.15, -0.1) is 11.3 Å². The van der Waals surface area contributed by atoms with Gasteiger partial charge in [-0.1, -0.05) is 12.1 Å². The van der Waals surface area contributed by atoms with Crippen molar-refractivity contribution in [2.24, 2.45) is 0 Å². The molecule has 15 heavy (non-hydrogen) atoms. The Morgan fingerprint density at radius 2 is 2.13 bits per heavy atom. The first-order valence-corrected chi connectivity index (χ1v) is 5.60. The molecule has 0 saturated carbocycles. The van der Waals surface area contributed by atoms with Gasteiger partial charge < -0.3 is 5.11 Å². The van der Waals surface area contributed by atoms with Crippen LogP contribution in [0.2, 0.25) is 0 Å². The van der Waals surface area contributed by atoms with Crippen LogP contribution in [0.15, 0.2) is 18.2 Å². The molecule has 0 aliphatic heterocycles. The van der Waals surface area contributed by atoms with E-state index in [0.29, 0.717) is 0 Å². The highest BCUT2D eigenvalue weighted by atomic mass is 32.1. The van der Waals surface area contributed by atoms with Gasteiger partial charge in [0.05, 0.1) is 6.42 Å². The van der Waals surface area contributed by atoms with Gasteiger partial charge in [0.25, 0.3) is 0 Å². The summed E-state index contributed by atoms with van der Waals surface area (Å²) in [5.41, 5.74) is 2.17. The van der Waals surface area contributed by atoms with Crippen LogP contribution in [0.1, 0.15) is 16.0 Å². The Morgan fingerprint density at radius 3 is 2.80 bits per heavy atom. The van der Waals surface area contributed by atoms with Crippen LogP contribution in [0.25, 0.3) is 10.1 Å². The number of rotatable bonds is 2. The lowest BCUT2D eigenvalue weighted by Crippen LogP contribution is -2.00. The van der Waals surface area contributed by atoms with E-state index in [9.17, 15) is 4.79 Å². The Hall–Kier alpha value is -1.35. The summed E-state index contributed by atoms with van der Waals surface area (Å²) in [6.45, 7) is 4.03. The van der Waals surface area contributed by atoms with Gasteiger partial charge in [0.15, 0.2) is 0 Å². The molecule has 3 heteroatoms. The number of aliphatic carboxylic acids is 1. The van der Waals surface area contributed by atoms with Crippen molar-refractivity contribution in [3.63, 3.8) is 0 Å². The Morgan fingerprint density at radius 1 is 1.40 bits per heavy atom. The molecule has 1 heterocycles. The number of hydrogen-bond donors (Lipinski definition) is 1. The Kier molecular flexibility index (Phi) is 2.49. The van der Waals surface area contributed by atoms with Crippen LogP contribution in [0.4, 0.5) is 0 Å². The molecule has 0 spiro atoms. The van der Waals surface area contributed by atoms with Crippen molar-refractivity contribution in [1.29, 1.82) is 0 Å². The van der Waals surface area contributed by atoms with Gasteiger partial charge in [0, 0.05) is 9.58 Å². The molecule has 0 aliphatic rings. The fraction of sp³-hybridized carbons (Fsp3) is 0.250. The lowest BCUT2D eigenvalue weighted by atomic mass is 10.1. The SMILES string of the molecule is Cc1ccc2c(CC(=O)O)c(C)sc2c1. The highest BCUT2D eigenvalue weighted by Gasteiger charge is 2.11. The minimum Gasteiger partial charge on any atom is -0.481 e. The molecule has 0 saturated heterocycles. The molecule has 1 aromatic heterocycles. The highest BCUT2D eigenvalue weighted by Crippen LogP contribution is 2.31. The molecule has 1 aromatic carbocycles. The van der Waals surface area contributed by atoms with E-state index in [2.05, 4.69) is 6.07 Å². The maximum absolute atomic E-state index is 10.7. The average Bonchev–Trinajstić information content (AvgIpc) is 2.41. The van der Waals surface area contributed by atoms with Crippen LogP contribution in [-0.2, 0) is 11.2 Å². The van der Waals surface area contributed by atoms with E-state index < -0.39 is 5.97 Å². The average molecular weight is 220 g/mol. The number of aryl methyl sites for hydroxylation is 2. The number of carboxylic acid groups (broad SMARTS) is 1. The zero-order valence-corrected chi connectivity index (χ0v) is 9.52. The molecular formula is C12H12O2S. The third kappa shape index (κ3) is 1.88. The van der Waals surface area contributed by atoms with Crippen LogP contribution in [0.3, 0.4) is 0 Å². The summed E-state index contributed by atoms with van der Waals surface area (Å²) in [4.78, 5) is 11.8. The van der Waals surface area contributed by atoms with Gasteiger partial charge in [0.2, 0.25) is 0 Å². The second-order valence-electron chi connectivity index (χ2n) is 3.71. The quantitative estimate of drug-likeness (QED) is 0.844. The summed E-state index contributed by atoms with van der Waals surface area (Å²) in [5, 5.41) is 9.92. The van der Waals surface area contributed by atoms with Crippen LogP contribution in [0, 0.1) is 13.8 Å². The molecule has 0 unspecified atom stereocenters. The van der Waals surface area contributed by atoms with Crippen LogP contribution in [0.5, 0.6) is 0 Å². The molecule has 0 bridgehead atoms. The Labute approximate surface area is 92.2 Å². The van der Waals surface area contributed by atoms with E-state index in [1.165, 1.54) is 10.3 Å². The van der Waals surface area contributed by atoms with E-state index in [1.54, 1.807) is 11.3 Å². The molecule has 0 radical (unpaired) electrons. The van der Waals surface area contributed by atoms with Crippen LogP contribution >= 0.6 is 11.3 Å². The monoisotopic (exact) mass is 220 g/mol. The van der Waals surface area contributed by atoms with Crippen LogP contribution < -0.4 is 0 Å². The van der Waals surface area contributed by atoms with Gasteiger partial charge in [-0.25, -0.2) is 0 Å². The van der Waals surface area contributed by atoms with Crippen molar-refractivity contribution < 1.29 is 9.90 Å². The first kappa shape index (κ1) is 10.2. The van der Waals surface area contributed by atoms with Crippen molar-refractivity contribution in [1.82, 2.24) is 0 Å². The van der Waals surface area contributed by atoms with Crippen molar-refractivity contribution in [2.75, 3.05) is 0 Å². The topological polar surface area (TPSA) is 37.3 Å². The minimum atomic E-state index is -0.765. The smallest absolute Gasteiger partial charge is 0.307 e. The van der Waals surface area contributed by atoms with Gasteiger partial charge in [-0.3, -0.25) is 4.79 Å². The summed E-state index contributed by atoms with van der Waals surface area (Å²) in [6, 6.07) is 6.16. The fourth-order valence-corrected chi connectivity index (χ4v) is 2.93. The molecule has 0 amide bonds. The van der Waals surface area contributed by atoms with Crippen molar-refractivity contribution >= 4 is 27.4 Å². The normalized spacial score (nSPS) is 10.8. The number of benzene rings is 1. The molecule has 2 rings (SSSR count). The van der Waals surface area contributed by atoms with Crippen molar-refractivity contribution in [3.05, 3.63) is 34.2 Å². The second kappa shape index (κ2) is 3.66. The number of fused-ring (bicyclic) bond motifs is 1. The zero-order chi connectivity index (χ0) is 11.0. The fourth-order valence-electron chi connectivity index (χ4n) is 1.75. The van der Waals surface area contributed by atoms with Crippen LogP contribution in [-0.4, -0.2) is 11.1 Å². The van der Waals surface area contributed by atoms with E-state index in [4.69, 9.17) is 5.11 Å². The molecular weight excluding hydrogens is 208 g/mol. The summed E-state index contributed by atoms with van der Waals surface area (Å²) >= 11 is 1.67. The highest BCUT2D eigenvalue weighted by molar-refractivity contribution is 7.19. The molecule has 0 fully saturated rings. The molecule has 78 valence electrons. The minimum absolute atomic E-state index is 0.120. The largest absolute Gasteiger partial charge is 0.481 e. The molecule has 2 nitrogen and oxygen atoms in total. The third-order valence-corrected chi connectivity index (χ3v) is 3.59. The number of carbonyl (C=O) groups is 1. The van der Waals surface area contributed by atoms with Gasteiger partial charge in [0.1, 0.15) is 0 Å². The van der Waals surface area contributed by atoms with Crippen molar-refractivity contribution in [3.8, 4) is 0 Å². The van der Waals surface area contributed by atoms with Gasteiger partial charge in [-0.05, 0) is 36.4 Å². The second-order valence-corrected chi connectivity index (χ2v) is 4.96. The lowest BCUT2D eigenvalue weighted by molar-refractivity contribution is -0.136.